The van der Waals surface area contributed by atoms with Gasteiger partial charge in [-0.25, -0.2) is 4.39 Å². The second kappa shape index (κ2) is 6.82. The van der Waals surface area contributed by atoms with Crippen molar-refractivity contribution >= 4 is 11.8 Å². The van der Waals surface area contributed by atoms with Gasteiger partial charge in [-0.15, -0.1) is 6.58 Å². The van der Waals surface area contributed by atoms with Crippen molar-refractivity contribution in [3.8, 4) is 0 Å². The highest BCUT2D eigenvalue weighted by Crippen LogP contribution is 2.43. The molecule has 3 aliphatic rings. The predicted octanol–water partition coefficient (Wildman–Crippen LogP) is 1.63. The summed E-state index contributed by atoms with van der Waals surface area (Å²) < 4.78 is 19.7. The average Bonchev–Trinajstić information content (AvgIpc) is 3.34. The minimum absolute atomic E-state index is 0.0892. The van der Waals surface area contributed by atoms with Crippen LogP contribution in [0, 0.1) is 17.8 Å². The molecule has 0 unspecified atom stereocenters. The van der Waals surface area contributed by atoms with E-state index in [4.69, 9.17) is 4.74 Å². The third kappa shape index (κ3) is 3.34. The van der Waals surface area contributed by atoms with E-state index in [1.165, 1.54) is 0 Å². The number of carbonyl (C=O) groups excluding carboxylic acids is 2. The Morgan fingerprint density at radius 1 is 1.42 bits per heavy atom. The lowest BCUT2D eigenvalue weighted by Gasteiger charge is -2.41. The van der Waals surface area contributed by atoms with E-state index in [2.05, 4.69) is 6.58 Å². The van der Waals surface area contributed by atoms with Crippen molar-refractivity contribution in [2.75, 3.05) is 39.9 Å². The fourth-order valence-corrected chi connectivity index (χ4v) is 4.15. The normalized spacial score (nSPS) is 32.1. The maximum Gasteiger partial charge on any atom is 0.260 e. The molecule has 2 heterocycles. The molecule has 3 fully saturated rings. The van der Waals surface area contributed by atoms with Crippen LogP contribution in [0.4, 0.5) is 4.39 Å². The minimum atomic E-state index is -1.62. The van der Waals surface area contributed by atoms with Gasteiger partial charge in [0.25, 0.3) is 5.91 Å². The summed E-state index contributed by atoms with van der Waals surface area (Å²) in [6.07, 6.45) is 3.77. The maximum absolute atomic E-state index is 14.1. The van der Waals surface area contributed by atoms with Gasteiger partial charge in [-0.3, -0.25) is 9.59 Å². The molecule has 3 atom stereocenters. The molecule has 0 aromatic carbocycles. The van der Waals surface area contributed by atoms with Crippen LogP contribution in [-0.4, -0.2) is 67.2 Å². The summed E-state index contributed by atoms with van der Waals surface area (Å²) in [5.41, 5.74) is -1.62. The van der Waals surface area contributed by atoms with Crippen LogP contribution in [0.1, 0.15) is 25.7 Å². The largest absolute Gasteiger partial charge is 0.377 e. The number of hydrogen-bond donors (Lipinski definition) is 0. The highest BCUT2D eigenvalue weighted by molar-refractivity contribution is 5.88. The summed E-state index contributed by atoms with van der Waals surface area (Å²) in [5, 5.41) is 0. The van der Waals surface area contributed by atoms with Gasteiger partial charge in [0.15, 0.2) is 5.67 Å². The van der Waals surface area contributed by atoms with Crippen molar-refractivity contribution in [3.63, 3.8) is 0 Å². The third-order valence-electron chi connectivity index (χ3n) is 5.69. The lowest BCUT2D eigenvalue weighted by molar-refractivity contribution is -0.144. The zero-order valence-corrected chi connectivity index (χ0v) is 14.4. The van der Waals surface area contributed by atoms with E-state index in [0.717, 1.165) is 6.42 Å². The number of carbonyl (C=O) groups is 2. The van der Waals surface area contributed by atoms with E-state index in [-0.39, 0.29) is 29.6 Å². The quantitative estimate of drug-likeness (QED) is 0.566. The molecule has 5 nitrogen and oxygen atoms in total. The van der Waals surface area contributed by atoms with Crippen molar-refractivity contribution < 1.29 is 18.7 Å². The first-order valence-corrected chi connectivity index (χ1v) is 8.88. The molecule has 2 saturated heterocycles. The molecule has 2 amide bonds. The first-order chi connectivity index (χ1) is 11.5. The molecule has 0 N–H and O–H groups in total. The van der Waals surface area contributed by atoms with Crippen molar-refractivity contribution in [2.45, 2.75) is 31.4 Å². The summed E-state index contributed by atoms with van der Waals surface area (Å²) >= 11 is 0. The first-order valence-electron chi connectivity index (χ1n) is 8.88. The van der Waals surface area contributed by atoms with E-state index >= 15 is 0 Å². The van der Waals surface area contributed by atoms with E-state index in [0.29, 0.717) is 52.1 Å². The number of nitrogens with zero attached hydrogens (tertiary/aromatic N) is 2. The third-order valence-corrected chi connectivity index (χ3v) is 5.69. The van der Waals surface area contributed by atoms with Crippen LogP contribution < -0.4 is 0 Å². The Bertz CT molecular complexity index is 520. The van der Waals surface area contributed by atoms with Crippen molar-refractivity contribution in [1.82, 2.24) is 9.80 Å². The van der Waals surface area contributed by atoms with Gasteiger partial charge in [-0.05, 0) is 31.6 Å². The van der Waals surface area contributed by atoms with Crippen LogP contribution in [0.2, 0.25) is 0 Å². The fourth-order valence-electron chi connectivity index (χ4n) is 4.15. The zero-order chi connectivity index (χ0) is 17.3. The second-order valence-electron chi connectivity index (χ2n) is 7.41. The van der Waals surface area contributed by atoms with E-state index < -0.39 is 5.67 Å². The van der Waals surface area contributed by atoms with Crippen LogP contribution >= 0.6 is 0 Å². The Hall–Kier alpha value is -1.43. The molecule has 6 heteroatoms. The van der Waals surface area contributed by atoms with Gasteiger partial charge in [-0.2, -0.15) is 0 Å². The molecule has 3 rings (SSSR count). The topological polar surface area (TPSA) is 49.9 Å². The highest BCUT2D eigenvalue weighted by atomic mass is 19.1. The van der Waals surface area contributed by atoms with E-state index in [1.807, 2.05) is 7.05 Å². The Balaban J connectivity index is 1.69. The lowest BCUT2D eigenvalue weighted by Crippen LogP contribution is -2.50. The molecule has 0 bridgehead atoms. The number of ether oxygens (including phenoxy) is 1. The number of fused-ring (bicyclic) bond motifs is 1. The van der Waals surface area contributed by atoms with E-state index in [1.54, 1.807) is 15.9 Å². The first kappa shape index (κ1) is 17.4. The summed E-state index contributed by atoms with van der Waals surface area (Å²) in [6, 6.07) is 0. The molecule has 1 saturated carbocycles. The van der Waals surface area contributed by atoms with Crippen LogP contribution in [0.25, 0.3) is 0 Å². The Morgan fingerprint density at radius 2 is 2.12 bits per heavy atom. The Morgan fingerprint density at radius 3 is 2.79 bits per heavy atom. The van der Waals surface area contributed by atoms with E-state index in [9.17, 15) is 14.0 Å². The van der Waals surface area contributed by atoms with Crippen molar-refractivity contribution in [2.24, 2.45) is 17.8 Å². The van der Waals surface area contributed by atoms with Crippen LogP contribution in [0.15, 0.2) is 12.7 Å². The molecule has 1 aliphatic carbocycles. The summed E-state index contributed by atoms with van der Waals surface area (Å²) in [4.78, 5) is 28.3. The number of hydrogen-bond acceptors (Lipinski definition) is 3. The van der Waals surface area contributed by atoms with Crippen LogP contribution in [0.5, 0.6) is 0 Å². The number of halogens is 1. The molecule has 134 valence electrons. The number of rotatable bonds is 5. The summed E-state index contributed by atoms with van der Waals surface area (Å²) in [6.45, 7) is 6.44. The fraction of sp³-hybridized carbons (Fsp3) is 0.778. The summed E-state index contributed by atoms with van der Waals surface area (Å²) in [5.74, 6) is 0.143. The molecule has 24 heavy (non-hydrogen) atoms. The Labute approximate surface area is 142 Å². The number of amides is 2. The number of piperidine rings is 1. The van der Waals surface area contributed by atoms with Gasteiger partial charge < -0.3 is 14.5 Å². The predicted molar refractivity (Wildman–Crippen MR) is 88.0 cm³/mol. The maximum atomic E-state index is 14.1. The SMILES string of the molecule is C=CCOC[C@@H]1CN(C)C(=O)[C@H]2CCN(C(=O)C3(F)CC3)CC[C@@H]12. The summed E-state index contributed by atoms with van der Waals surface area (Å²) in [7, 11) is 1.83. The van der Waals surface area contributed by atoms with Crippen LogP contribution in [0.3, 0.4) is 0 Å². The van der Waals surface area contributed by atoms with Gasteiger partial charge in [0.05, 0.1) is 13.2 Å². The molecular weight excluding hydrogens is 311 g/mol. The molecule has 0 spiro atoms. The highest BCUT2D eigenvalue weighted by Gasteiger charge is 2.53. The number of likely N-dealkylation sites (tertiary alicyclic amines) is 2. The molecule has 0 aromatic heterocycles. The monoisotopic (exact) mass is 338 g/mol. The van der Waals surface area contributed by atoms with Gasteiger partial charge in [-0.1, -0.05) is 6.08 Å². The standard InChI is InChI=1S/C18H27FN2O3/c1-3-10-24-12-13-11-20(2)16(22)15-5-9-21(8-4-14(13)15)17(23)18(19)6-7-18/h3,13-15H,1,4-12H2,2H3/t13-,14-,15-/m0/s1. The van der Waals surface area contributed by atoms with Gasteiger partial charge in [0.1, 0.15) is 0 Å². The molecule has 0 aromatic rings. The van der Waals surface area contributed by atoms with Gasteiger partial charge in [0.2, 0.25) is 5.91 Å². The van der Waals surface area contributed by atoms with Crippen molar-refractivity contribution in [3.05, 3.63) is 12.7 Å². The smallest absolute Gasteiger partial charge is 0.260 e. The van der Waals surface area contributed by atoms with Crippen LogP contribution in [-0.2, 0) is 14.3 Å². The molecule has 0 radical (unpaired) electrons. The lowest BCUT2D eigenvalue weighted by atomic mass is 9.75. The number of alkyl halides is 1. The average molecular weight is 338 g/mol. The zero-order valence-electron chi connectivity index (χ0n) is 14.4. The van der Waals surface area contributed by atoms with Crippen molar-refractivity contribution in [1.29, 1.82) is 0 Å². The van der Waals surface area contributed by atoms with Gasteiger partial charge in [0, 0.05) is 38.5 Å². The Kier molecular flexibility index (Phi) is 4.95. The molecule has 2 aliphatic heterocycles. The minimum Gasteiger partial charge on any atom is -0.377 e. The second-order valence-corrected chi connectivity index (χ2v) is 7.41. The van der Waals surface area contributed by atoms with Gasteiger partial charge >= 0.3 is 0 Å². The molecular formula is C18H27FN2O3.